The molecular weight excluding hydrogens is 188 g/mol. The van der Waals surface area contributed by atoms with Crippen molar-refractivity contribution in [3.05, 3.63) is 11.6 Å². The zero-order valence-electron chi connectivity index (χ0n) is 10.2. The van der Waals surface area contributed by atoms with Crippen LogP contribution in [0.15, 0.2) is 0 Å². The van der Waals surface area contributed by atoms with Gasteiger partial charge in [0.2, 0.25) is 0 Å². The van der Waals surface area contributed by atoms with Crippen LogP contribution in [-0.4, -0.2) is 27.8 Å². The highest BCUT2D eigenvalue weighted by Gasteiger charge is 2.09. The molecule has 0 radical (unpaired) electrons. The number of aryl methyl sites for hydroxylation is 1. The summed E-state index contributed by atoms with van der Waals surface area (Å²) in [5, 5.41) is 10.5. The molecule has 86 valence electrons. The van der Waals surface area contributed by atoms with Crippen LogP contribution in [0.4, 0.5) is 0 Å². The van der Waals surface area contributed by atoms with E-state index in [4.69, 9.17) is 0 Å². The first-order chi connectivity index (χ1) is 7.13. The average Bonchev–Trinajstić information content (AvgIpc) is 2.58. The molecule has 1 atom stereocenters. The molecular formula is C11H22N4. The van der Waals surface area contributed by atoms with Crippen LogP contribution in [0.5, 0.6) is 0 Å². The van der Waals surface area contributed by atoms with Gasteiger partial charge in [0.25, 0.3) is 0 Å². The highest BCUT2D eigenvalue weighted by atomic mass is 15.2. The Morgan fingerprint density at radius 2 is 2.13 bits per heavy atom. The lowest BCUT2D eigenvalue weighted by molar-refractivity contribution is 0.390. The highest BCUT2D eigenvalue weighted by Crippen LogP contribution is 2.04. The molecule has 15 heavy (non-hydrogen) atoms. The fourth-order valence-electron chi connectivity index (χ4n) is 1.72. The summed E-state index contributed by atoms with van der Waals surface area (Å²) in [6.45, 7) is 9.59. The minimum Gasteiger partial charge on any atom is -0.313 e. The predicted octanol–water partition coefficient (Wildman–Crippen LogP) is 1.68. The minimum absolute atomic E-state index is 0.602. The van der Waals surface area contributed by atoms with Crippen LogP contribution in [0.1, 0.15) is 38.8 Å². The maximum absolute atomic E-state index is 4.27. The largest absolute Gasteiger partial charge is 0.313 e. The lowest BCUT2D eigenvalue weighted by atomic mass is 10.0. The zero-order valence-corrected chi connectivity index (χ0v) is 10.2. The van der Waals surface area contributed by atoms with Gasteiger partial charge in [0.15, 0.2) is 5.82 Å². The second kappa shape index (κ2) is 5.85. The molecule has 1 aromatic rings. The van der Waals surface area contributed by atoms with E-state index in [1.165, 1.54) is 6.42 Å². The van der Waals surface area contributed by atoms with Gasteiger partial charge in [0.1, 0.15) is 5.82 Å². The van der Waals surface area contributed by atoms with Crippen molar-refractivity contribution < 1.29 is 0 Å². The second-order valence-electron chi connectivity index (χ2n) is 4.30. The van der Waals surface area contributed by atoms with E-state index in [9.17, 15) is 0 Å². The van der Waals surface area contributed by atoms with Gasteiger partial charge in [-0.3, -0.25) is 5.10 Å². The predicted molar refractivity (Wildman–Crippen MR) is 61.7 cm³/mol. The Bertz CT molecular complexity index is 280. The fraction of sp³-hybridized carbons (Fsp3) is 0.818. The Hall–Kier alpha value is -0.900. The lowest BCUT2D eigenvalue weighted by Gasteiger charge is -2.20. The van der Waals surface area contributed by atoms with Crippen LogP contribution in [-0.2, 0) is 6.42 Å². The number of nitrogens with zero attached hydrogens (tertiary/aromatic N) is 2. The van der Waals surface area contributed by atoms with Crippen LogP contribution in [0.2, 0.25) is 0 Å². The molecule has 1 unspecified atom stereocenters. The van der Waals surface area contributed by atoms with Crippen molar-refractivity contribution >= 4 is 0 Å². The topological polar surface area (TPSA) is 53.6 Å². The molecule has 1 rings (SSSR count). The van der Waals surface area contributed by atoms with Crippen LogP contribution in [0.3, 0.4) is 0 Å². The number of aromatic amines is 1. The molecule has 4 nitrogen and oxygen atoms in total. The summed E-state index contributed by atoms with van der Waals surface area (Å²) in [5.41, 5.74) is 0. The Morgan fingerprint density at radius 1 is 1.40 bits per heavy atom. The lowest BCUT2D eigenvalue weighted by Crippen LogP contribution is -2.34. The number of hydrogen-bond donors (Lipinski definition) is 2. The number of hydrogen-bond acceptors (Lipinski definition) is 3. The Morgan fingerprint density at radius 3 is 2.60 bits per heavy atom. The van der Waals surface area contributed by atoms with Gasteiger partial charge in [0.05, 0.1) is 0 Å². The third-order valence-corrected chi connectivity index (χ3v) is 2.64. The van der Waals surface area contributed by atoms with Crippen molar-refractivity contribution in [2.75, 3.05) is 6.54 Å². The monoisotopic (exact) mass is 210 g/mol. The number of aromatic nitrogens is 3. The van der Waals surface area contributed by atoms with Gasteiger partial charge in [-0.1, -0.05) is 20.8 Å². The molecule has 0 saturated carbocycles. The van der Waals surface area contributed by atoms with Crippen molar-refractivity contribution in [3.8, 4) is 0 Å². The Balaban J connectivity index is 2.26. The van der Waals surface area contributed by atoms with Crippen LogP contribution in [0.25, 0.3) is 0 Å². The smallest absolute Gasteiger partial charge is 0.151 e. The standard InChI is InChI=1S/C11H22N4/c1-5-10(8(2)3)12-7-6-11-13-9(4)14-15-11/h8,10,12H,5-7H2,1-4H3,(H,13,14,15). The molecule has 0 bridgehead atoms. The summed E-state index contributed by atoms with van der Waals surface area (Å²) in [5.74, 6) is 2.48. The van der Waals surface area contributed by atoms with E-state index >= 15 is 0 Å². The van der Waals surface area contributed by atoms with Crippen molar-refractivity contribution in [2.24, 2.45) is 5.92 Å². The van der Waals surface area contributed by atoms with E-state index in [0.29, 0.717) is 12.0 Å². The van der Waals surface area contributed by atoms with Crippen molar-refractivity contribution in [1.29, 1.82) is 0 Å². The van der Waals surface area contributed by atoms with E-state index in [2.05, 4.69) is 41.3 Å². The molecule has 1 heterocycles. The van der Waals surface area contributed by atoms with Crippen LogP contribution >= 0.6 is 0 Å². The second-order valence-corrected chi connectivity index (χ2v) is 4.30. The molecule has 0 aliphatic heterocycles. The number of nitrogens with one attached hydrogen (secondary N) is 2. The molecule has 4 heteroatoms. The van der Waals surface area contributed by atoms with Crippen molar-refractivity contribution in [1.82, 2.24) is 20.5 Å². The normalized spacial score (nSPS) is 13.4. The van der Waals surface area contributed by atoms with E-state index in [0.717, 1.165) is 24.6 Å². The zero-order chi connectivity index (χ0) is 11.3. The number of rotatable bonds is 6. The summed E-state index contributed by atoms with van der Waals surface area (Å²) in [4.78, 5) is 4.27. The van der Waals surface area contributed by atoms with E-state index in [-0.39, 0.29) is 0 Å². The molecule has 0 aliphatic carbocycles. The van der Waals surface area contributed by atoms with Gasteiger partial charge < -0.3 is 5.32 Å². The first-order valence-corrected chi connectivity index (χ1v) is 5.74. The Labute approximate surface area is 91.9 Å². The maximum atomic E-state index is 4.27. The number of H-pyrrole nitrogens is 1. The SMILES string of the molecule is CCC(NCCc1n[nH]c(C)n1)C(C)C. The van der Waals surface area contributed by atoms with Crippen molar-refractivity contribution in [3.63, 3.8) is 0 Å². The van der Waals surface area contributed by atoms with Gasteiger partial charge in [0, 0.05) is 19.0 Å². The first-order valence-electron chi connectivity index (χ1n) is 5.74. The maximum Gasteiger partial charge on any atom is 0.151 e. The third kappa shape index (κ3) is 4.00. The van der Waals surface area contributed by atoms with Crippen LogP contribution in [0, 0.1) is 12.8 Å². The van der Waals surface area contributed by atoms with Gasteiger partial charge in [-0.2, -0.15) is 5.10 Å². The van der Waals surface area contributed by atoms with Gasteiger partial charge in [-0.15, -0.1) is 0 Å². The van der Waals surface area contributed by atoms with E-state index in [1.807, 2.05) is 6.92 Å². The van der Waals surface area contributed by atoms with Gasteiger partial charge >= 0.3 is 0 Å². The fourth-order valence-corrected chi connectivity index (χ4v) is 1.72. The van der Waals surface area contributed by atoms with Crippen molar-refractivity contribution in [2.45, 2.75) is 46.6 Å². The Kier molecular flexibility index (Phi) is 4.75. The summed E-state index contributed by atoms with van der Waals surface area (Å²) in [7, 11) is 0. The summed E-state index contributed by atoms with van der Waals surface area (Å²) in [6, 6.07) is 0.602. The summed E-state index contributed by atoms with van der Waals surface area (Å²) in [6.07, 6.45) is 2.07. The summed E-state index contributed by atoms with van der Waals surface area (Å²) < 4.78 is 0. The molecule has 1 aromatic heterocycles. The third-order valence-electron chi connectivity index (χ3n) is 2.64. The molecule has 0 saturated heterocycles. The molecule has 0 spiro atoms. The average molecular weight is 210 g/mol. The van der Waals surface area contributed by atoms with E-state index in [1.54, 1.807) is 0 Å². The molecule has 2 N–H and O–H groups in total. The van der Waals surface area contributed by atoms with Crippen LogP contribution < -0.4 is 5.32 Å². The quantitative estimate of drug-likeness (QED) is 0.751. The highest BCUT2D eigenvalue weighted by molar-refractivity contribution is 4.88. The molecule has 0 aromatic carbocycles. The molecule has 0 aliphatic rings. The first kappa shape index (κ1) is 12.2. The minimum atomic E-state index is 0.602. The van der Waals surface area contributed by atoms with E-state index < -0.39 is 0 Å². The molecule has 0 fully saturated rings. The van der Waals surface area contributed by atoms with Gasteiger partial charge in [-0.25, -0.2) is 4.98 Å². The summed E-state index contributed by atoms with van der Waals surface area (Å²) >= 11 is 0. The van der Waals surface area contributed by atoms with Gasteiger partial charge in [-0.05, 0) is 19.3 Å². The molecule has 0 amide bonds.